The molecule has 2 N–H and O–H groups in total. The lowest BCUT2D eigenvalue weighted by atomic mass is 9.68. The van der Waals surface area contributed by atoms with Gasteiger partial charge >= 0.3 is 0 Å². The fourth-order valence-corrected chi connectivity index (χ4v) is 3.28. The van der Waals surface area contributed by atoms with E-state index in [2.05, 4.69) is 26.1 Å². The number of carbonyl (C=O) groups is 1. The molecule has 21 heavy (non-hydrogen) atoms. The van der Waals surface area contributed by atoms with Gasteiger partial charge in [-0.15, -0.1) is 0 Å². The number of nitrogens with zero attached hydrogens (tertiary/aromatic N) is 1. The van der Waals surface area contributed by atoms with Gasteiger partial charge in [-0.05, 0) is 37.0 Å². The van der Waals surface area contributed by atoms with Crippen molar-refractivity contribution in [3.05, 3.63) is 10.1 Å². The molecule has 0 aliphatic heterocycles. The van der Waals surface area contributed by atoms with Gasteiger partial charge in [-0.3, -0.25) is 14.9 Å². The molecule has 2 fully saturated rings. The Kier molecular flexibility index (Phi) is 4.29. The molecule has 2 aliphatic rings. The van der Waals surface area contributed by atoms with Crippen LogP contribution >= 0.6 is 0 Å². The van der Waals surface area contributed by atoms with Crippen LogP contribution in [-0.2, 0) is 4.79 Å². The van der Waals surface area contributed by atoms with Gasteiger partial charge in [0, 0.05) is 17.9 Å². The molecule has 1 amide bonds. The summed E-state index contributed by atoms with van der Waals surface area (Å²) in [5.74, 6) is -0.201. The van der Waals surface area contributed by atoms with Gasteiger partial charge in [-0.2, -0.15) is 0 Å². The zero-order chi connectivity index (χ0) is 15.8. The van der Waals surface area contributed by atoms with Crippen molar-refractivity contribution in [3.8, 4) is 0 Å². The maximum atomic E-state index is 11.8. The minimum absolute atomic E-state index is 0.212. The summed E-state index contributed by atoms with van der Waals surface area (Å²) in [7, 11) is 0. The molecule has 0 aromatic heterocycles. The van der Waals surface area contributed by atoms with Crippen molar-refractivity contribution in [1.82, 2.24) is 5.32 Å². The third kappa shape index (κ3) is 3.93. The summed E-state index contributed by atoms with van der Waals surface area (Å²) in [5, 5.41) is 23.8. The highest BCUT2D eigenvalue weighted by molar-refractivity contribution is 5.82. The smallest absolute Gasteiger partial charge is 0.230 e. The minimum Gasteiger partial charge on any atom is -0.388 e. The van der Waals surface area contributed by atoms with E-state index in [0.717, 1.165) is 12.8 Å². The molecule has 0 spiro atoms. The summed E-state index contributed by atoms with van der Waals surface area (Å²) < 4.78 is 0. The number of hydrogen-bond acceptors (Lipinski definition) is 4. The Balaban J connectivity index is 1.76. The number of nitro groups is 1. The van der Waals surface area contributed by atoms with Crippen LogP contribution in [0, 0.1) is 27.4 Å². The van der Waals surface area contributed by atoms with Gasteiger partial charge in [-0.1, -0.05) is 20.8 Å². The van der Waals surface area contributed by atoms with Crippen LogP contribution in [-0.4, -0.2) is 34.1 Å². The Labute approximate surface area is 125 Å². The first kappa shape index (κ1) is 16.2. The monoisotopic (exact) mass is 298 g/mol. The van der Waals surface area contributed by atoms with Gasteiger partial charge in [0.25, 0.3) is 0 Å². The number of amides is 1. The van der Waals surface area contributed by atoms with Gasteiger partial charge in [0.05, 0.1) is 5.60 Å². The second-order valence-corrected chi connectivity index (χ2v) is 7.78. The average molecular weight is 298 g/mol. The van der Waals surface area contributed by atoms with Crippen LogP contribution in [0.15, 0.2) is 0 Å². The lowest BCUT2D eigenvalue weighted by Gasteiger charge is -2.41. The molecule has 6 heteroatoms. The molecule has 0 heterocycles. The van der Waals surface area contributed by atoms with Crippen molar-refractivity contribution in [3.63, 3.8) is 0 Å². The van der Waals surface area contributed by atoms with E-state index < -0.39 is 22.5 Å². The largest absolute Gasteiger partial charge is 0.388 e. The lowest BCUT2D eigenvalue weighted by molar-refractivity contribution is -0.497. The SMILES string of the molecule is CC(C)(C)C1CCC(O)(CNC(=O)[C@H]2C[C@@H]2[N+](=O)[O-])CC1. The number of aliphatic hydroxyl groups is 1. The summed E-state index contributed by atoms with van der Waals surface area (Å²) in [6, 6.07) is -0.726. The molecule has 2 saturated carbocycles. The Morgan fingerprint density at radius 1 is 1.38 bits per heavy atom. The van der Waals surface area contributed by atoms with E-state index in [1.165, 1.54) is 0 Å². The topological polar surface area (TPSA) is 92.5 Å². The lowest BCUT2D eigenvalue weighted by Crippen LogP contribution is -2.47. The van der Waals surface area contributed by atoms with E-state index in [-0.39, 0.29) is 17.9 Å². The predicted octanol–water partition coefficient (Wildman–Crippen LogP) is 1.74. The molecule has 2 rings (SSSR count). The van der Waals surface area contributed by atoms with Crippen LogP contribution in [0.25, 0.3) is 0 Å². The zero-order valence-corrected chi connectivity index (χ0v) is 13.1. The van der Waals surface area contributed by atoms with Gasteiger partial charge in [0.1, 0.15) is 5.92 Å². The van der Waals surface area contributed by atoms with E-state index in [9.17, 15) is 20.0 Å². The van der Waals surface area contributed by atoms with E-state index >= 15 is 0 Å². The Morgan fingerprint density at radius 3 is 2.38 bits per heavy atom. The quantitative estimate of drug-likeness (QED) is 0.610. The maximum absolute atomic E-state index is 11.8. The van der Waals surface area contributed by atoms with E-state index in [4.69, 9.17) is 0 Å². The average Bonchev–Trinajstić information content (AvgIpc) is 3.16. The number of carbonyl (C=O) groups excluding carboxylic acids is 1. The summed E-state index contributed by atoms with van der Waals surface area (Å²) in [6.45, 7) is 6.86. The highest BCUT2D eigenvalue weighted by atomic mass is 16.6. The fourth-order valence-electron chi connectivity index (χ4n) is 3.28. The first-order chi connectivity index (χ1) is 9.62. The summed E-state index contributed by atoms with van der Waals surface area (Å²) in [5.41, 5.74) is -0.603. The van der Waals surface area contributed by atoms with Gasteiger partial charge < -0.3 is 10.4 Å². The molecule has 2 atom stereocenters. The van der Waals surface area contributed by atoms with E-state index in [0.29, 0.717) is 25.2 Å². The van der Waals surface area contributed by atoms with Crippen molar-refractivity contribution in [1.29, 1.82) is 0 Å². The summed E-state index contributed by atoms with van der Waals surface area (Å²) >= 11 is 0. The van der Waals surface area contributed by atoms with Crippen molar-refractivity contribution in [2.24, 2.45) is 17.3 Å². The van der Waals surface area contributed by atoms with Gasteiger partial charge in [-0.25, -0.2) is 0 Å². The van der Waals surface area contributed by atoms with Crippen molar-refractivity contribution >= 4 is 5.91 Å². The maximum Gasteiger partial charge on any atom is 0.230 e. The fraction of sp³-hybridized carbons (Fsp3) is 0.933. The number of rotatable bonds is 4. The van der Waals surface area contributed by atoms with Crippen molar-refractivity contribution in [2.75, 3.05) is 6.54 Å². The molecule has 0 radical (unpaired) electrons. The molecule has 0 saturated heterocycles. The molecule has 120 valence electrons. The molecule has 0 unspecified atom stereocenters. The molecule has 2 aliphatic carbocycles. The Bertz CT molecular complexity index is 422. The third-order valence-electron chi connectivity index (χ3n) is 5.10. The summed E-state index contributed by atoms with van der Waals surface area (Å²) in [4.78, 5) is 22.0. The van der Waals surface area contributed by atoms with Crippen molar-refractivity contribution < 1.29 is 14.8 Å². The second-order valence-electron chi connectivity index (χ2n) is 7.78. The van der Waals surface area contributed by atoms with Gasteiger partial charge in [0.15, 0.2) is 0 Å². The molecule has 0 aromatic carbocycles. The van der Waals surface area contributed by atoms with Crippen LogP contribution in [0.2, 0.25) is 0 Å². The predicted molar refractivity (Wildman–Crippen MR) is 78.3 cm³/mol. The van der Waals surface area contributed by atoms with Crippen molar-refractivity contribution in [2.45, 2.75) is 64.5 Å². The zero-order valence-electron chi connectivity index (χ0n) is 13.1. The normalized spacial score (nSPS) is 36.1. The number of nitrogens with one attached hydrogen (secondary N) is 1. The minimum atomic E-state index is -0.851. The highest BCUT2D eigenvalue weighted by Gasteiger charge is 2.53. The first-order valence-electron chi connectivity index (χ1n) is 7.76. The molecule has 0 bridgehead atoms. The Hall–Kier alpha value is -1.17. The second kappa shape index (κ2) is 5.55. The molecule has 0 aromatic rings. The van der Waals surface area contributed by atoms with Crippen LogP contribution < -0.4 is 5.32 Å². The molecular weight excluding hydrogens is 272 g/mol. The van der Waals surface area contributed by atoms with Crippen LogP contribution in [0.3, 0.4) is 0 Å². The Morgan fingerprint density at radius 2 is 1.95 bits per heavy atom. The standard InChI is InChI=1S/C15H26N2O4/c1-14(2,3)10-4-6-15(19,7-5-10)9-16-13(18)11-8-12(11)17(20)21/h10-12,19H,4-9H2,1-3H3,(H,16,18)/t10?,11-,12-,15?/m0/s1. The summed E-state index contributed by atoms with van der Waals surface area (Å²) in [6.07, 6.45) is 3.59. The van der Waals surface area contributed by atoms with Crippen LogP contribution in [0.4, 0.5) is 0 Å². The molecule has 6 nitrogen and oxygen atoms in total. The van der Waals surface area contributed by atoms with E-state index in [1.54, 1.807) is 0 Å². The number of hydrogen-bond donors (Lipinski definition) is 2. The highest BCUT2D eigenvalue weighted by Crippen LogP contribution is 2.41. The van der Waals surface area contributed by atoms with Crippen LogP contribution in [0.1, 0.15) is 52.9 Å². The first-order valence-corrected chi connectivity index (χ1v) is 7.76. The van der Waals surface area contributed by atoms with E-state index in [1.807, 2.05) is 0 Å². The third-order valence-corrected chi connectivity index (χ3v) is 5.10. The van der Waals surface area contributed by atoms with Gasteiger partial charge in [0.2, 0.25) is 11.9 Å². The van der Waals surface area contributed by atoms with Crippen LogP contribution in [0.5, 0.6) is 0 Å². The molecular formula is C15H26N2O4.